The highest BCUT2D eigenvalue weighted by atomic mass is 79.9. The quantitative estimate of drug-likeness (QED) is 0.108. The van der Waals surface area contributed by atoms with Crippen LogP contribution in [0.2, 0.25) is 5.02 Å². The number of aromatic nitrogens is 4. The molecule has 296 valence electrons. The van der Waals surface area contributed by atoms with Crippen LogP contribution in [0.25, 0.3) is 22.1 Å². The largest absolute Gasteiger partial charge is 0.395 e. The predicted molar refractivity (Wildman–Crippen MR) is 215 cm³/mol. The molecule has 4 unspecified atom stereocenters. The monoisotopic (exact) mass is 838 g/mol. The average Bonchev–Trinajstić information content (AvgIpc) is 3.52. The highest BCUT2D eigenvalue weighted by molar-refractivity contribution is 9.10. The molecule has 2 aliphatic heterocycles. The Balaban J connectivity index is 1.23. The van der Waals surface area contributed by atoms with E-state index < -0.39 is 29.0 Å². The number of aliphatic hydroxyl groups is 2. The SMILES string of the molecule is CC(O)Cn1cc(NC(=O)C2(C3CCCCCC3)COC2C(C(=O)Nc2cn(CCO)c3nccc(Cl)c23)C2(C3CCCCC3)COC2)c2c(Br)ccnc21. The van der Waals surface area contributed by atoms with E-state index in [4.69, 9.17) is 21.1 Å². The van der Waals surface area contributed by atoms with Gasteiger partial charge in [0.2, 0.25) is 11.8 Å². The number of carbonyl (C=O) groups excluding carboxylic acids is 2. The first kappa shape index (κ1) is 38.8. The van der Waals surface area contributed by atoms with Crippen molar-refractivity contribution in [2.75, 3.05) is 37.1 Å². The maximum atomic E-state index is 15.4. The molecule has 4 aromatic heterocycles. The Bertz CT molecular complexity index is 2030. The van der Waals surface area contributed by atoms with Gasteiger partial charge in [-0.3, -0.25) is 9.59 Å². The van der Waals surface area contributed by atoms with Crippen molar-refractivity contribution in [1.82, 2.24) is 19.1 Å². The fraction of sp³-hybridized carbons (Fsp3) is 0.610. The van der Waals surface area contributed by atoms with E-state index in [1.165, 1.54) is 6.42 Å². The molecule has 4 N–H and O–H groups in total. The zero-order valence-electron chi connectivity index (χ0n) is 31.4. The lowest BCUT2D eigenvalue weighted by Crippen LogP contribution is -2.72. The van der Waals surface area contributed by atoms with Crippen LogP contribution >= 0.6 is 27.5 Å². The third-order valence-corrected chi connectivity index (χ3v) is 14.1. The minimum absolute atomic E-state index is 0.00550. The van der Waals surface area contributed by atoms with Crippen molar-refractivity contribution < 1.29 is 29.3 Å². The second kappa shape index (κ2) is 16.1. The number of hydrogen-bond acceptors (Lipinski definition) is 8. The summed E-state index contributed by atoms with van der Waals surface area (Å²) in [6, 6.07) is 3.55. The van der Waals surface area contributed by atoms with Crippen molar-refractivity contribution in [3.63, 3.8) is 0 Å². The Morgan fingerprint density at radius 3 is 2.15 bits per heavy atom. The van der Waals surface area contributed by atoms with Crippen LogP contribution in [0, 0.1) is 28.6 Å². The van der Waals surface area contributed by atoms with E-state index in [0.29, 0.717) is 59.4 Å². The molecule has 14 heteroatoms. The highest BCUT2D eigenvalue weighted by Gasteiger charge is 2.68. The summed E-state index contributed by atoms with van der Waals surface area (Å²) < 4.78 is 17.2. The standard InChI is InChI=1S/C41H52BrClN6O6/c1-25(51)19-49-21-30(32-28(42)13-15-44-36(32)49)47-39(53)41(27-11-5-2-3-6-12-27)24-55-35(41)34(40(22-54-23-40)26-9-7-4-8-10-26)38(52)46-31-20-48(17-18-50)37-33(31)29(43)14-16-45-37/h13-16,20-21,25-27,34-35,50-51H,2-12,17-19,22-24H2,1H3,(H,46,52)(H,47,53). The molecule has 0 bridgehead atoms. The fourth-order valence-corrected chi connectivity index (χ4v) is 11.1. The minimum Gasteiger partial charge on any atom is -0.395 e. The summed E-state index contributed by atoms with van der Waals surface area (Å²) in [5.74, 6) is -0.806. The molecule has 0 aromatic carbocycles. The maximum absolute atomic E-state index is 15.4. The molecule has 0 radical (unpaired) electrons. The van der Waals surface area contributed by atoms with E-state index in [-0.39, 0.29) is 36.9 Å². The molecule has 2 amide bonds. The van der Waals surface area contributed by atoms with Gasteiger partial charge in [-0.2, -0.15) is 0 Å². The molecule has 55 heavy (non-hydrogen) atoms. The lowest BCUT2D eigenvalue weighted by atomic mass is 9.52. The van der Waals surface area contributed by atoms with Gasteiger partial charge in [-0.1, -0.05) is 56.5 Å². The lowest BCUT2D eigenvalue weighted by molar-refractivity contribution is -0.273. The van der Waals surface area contributed by atoms with Crippen LogP contribution in [-0.4, -0.2) is 79.8 Å². The molecule has 4 atom stereocenters. The third kappa shape index (κ3) is 6.90. The van der Waals surface area contributed by atoms with Crippen molar-refractivity contribution >= 4 is 72.8 Å². The van der Waals surface area contributed by atoms with Crippen molar-refractivity contribution in [2.45, 2.75) is 103 Å². The van der Waals surface area contributed by atoms with Crippen molar-refractivity contribution in [3.05, 3.63) is 46.4 Å². The lowest BCUT2D eigenvalue weighted by Gasteiger charge is -2.61. The van der Waals surface area contributed by atoms with E-state index in [0.717, 1.165) is 74.1 Å². The summed E-state index contributed by atoms with van der Waals surface area (Å²) >= 11 is 10.5. The molecule has 2 saturated carbocycles. The number of anilines is 2. The molecule has 8 rings (SSSR count). The van der Waals surface area contributed by atoms with Crippen LogP contribution in [-0.2, 0) is 32.2 Å². The highest BCUT2D eigenvalue weighted by Crippen LogP contribution is 2.59. The predicted octanol–water partition coefficient (Wildman–Crippen LogP) is 7.32. The molecule has 2 aliphatic carbocycles. The molecule has 4 aliphatic rings. The van der Waals surface area contributed by atoms with E-state index in [1.54, 1.807) is 36.1 Å². The van der Waals surface area contributed by atoms with Crippen molar-refractivity contribution in [3.8, 4) is 0 Å². The van der Waals surface area contributed by atoms with Gasteiger partial charge in [-0.15, -0.1) is 0 Å². The Morgan fingerprint density at radius 1 is 0.909 bits per heavy atom. The van der Waals surface area contributed by atoms with Gasteiger partial charge < -0.3 is 39.5 Å². The summed E-state index contributed by atoms with van der Waals surface area (Å²) in [4.78, 5) is 39.9. The van der Waals surface area contributed by atoms with E-state index >= 15 is 9.59 Å². The molecule has 2 saturated heterocycles. The number of aliphatic hydroxyl groups excluding tert-OH is 2. The van der Waals surface area contributed by atoms with Crippen molar-refractivity contribution in [2.24, 2.45) is 28.6 Å². The van der Waals surface area contributed by atoms with Crippen molar-refractivity contribution in [1.29, 1.82) is 0 Å². The van der Waals surface area contributed by atoms with Gasteiger partial charge in [0.15, 0.2) is 0 Å². The van der Waals surface area contributed by atoms with Gasteiger partial charge >= 0.3 is 0 Å². The van der Waals surface area contributed by atoms with Gasteiger partial charge in [0.25, 0.3) is 0 Å². The molecule has 12 nitrogen and oxygen atoms in total. The number of nitrogens with one attached hydrogen (secondary N) is 2. The van der Waals surface area contributed by atoms with Crippen LogP contribution in [0.3, 0.4) is 0 Å². The number of rotatable bonds is 12. The van der Waals surface area contributed by atoms with Crippen LogP contribution in [0.4, 0.5) is 11.4 Å². The molecule has 6 heterocycles. The Hall–Kier alpha value is -3.07. The van der Waals surface area contributed by atoms with Gasteiger partial charge in [-0.05, 0) is 72.5 Å². The zero-order chi connectivity index (χ0) is 38.3. The number of fused-ring (bicyclic) bond motifs is 2. The topological polar surface area (TPSA) is 153 Å². The van der Waals surface area contributed by atoms with Crippen LogP contribution < -0.4 is 10.6 Å². The summed E-state index contributed by atoms with van der Waals surface area (Å²) in [5.41, 5.74) is 0.850. The molecule has 0 spiro atoms. The second-order valence-electron chi connectivity index (χ2n) is 16.4. The summed E-state index contributed by atoms with van der Waals surface area (Å²) in [6.45, 7) is 3.31. The maximum Gasteiger partial charge on any atom is 0.235 e. The second-order valence-corrected chi connectivity index (χ2v) is 17.7. The molecular weight excluding hydrogens is 788 g/mol. The first-order valence-electron chi connectivity index (χ1n) is 20.0. The number of amides is 2. The average molecular weight is 840 g/mol. The summed E-state index contributed by atoms with van der Waals surface area (Å²) in [7, 11) is 0. The van der Waals surface area contributed by atoms with Gasteiger partial charge in [-0.25, -0.2) is 9.97 Å². The summed E-state index contributed by atoms with van der Waals surface area (Å²) in [5, 5.41) is 28.6. The first-order valence-corrected chi connectivity index (χ1v) is 21.2. The van der Waals surface area contributed by atoms with Crippen LogP contribution in [0.15, 0.2) is 41.4 Å². The zero-order valence-corrected chi connectivity index (χ0v) is 33.8. The number of nitrogens with zero attached hydrogens (tertiary/aromatic N) is 4. The molecule has 4 aromatic rings. The number of halogens is 2. The third-order valence-electron chi connectivity index (χ3n) is 13.1. The van der Waals surface area contributed by atoms with E-state index in [9.17, 15) is 10.2 Å². The first-order chi connectivity index (χ1) is 26.7. The van der Waals surface area contributed by atoms with E-state index in [2.05, 4.69) is 36.5 Å². The smallest absolute Gasteiger partial charge is 0.235 e. The van der Waals surface area contributed by atoms with Crippen LogP contribution in [0.1, 0.15) is 77.6 Å². The minimum atomic E-state index is -0.985. The van der Waals surface area contributed by atoms with Gasteiger partial charge in [0.05, 0.1) is 71.7 Å². The normalized spacial score (nSPS) is 24.5. The van der Waals surface area contributed by atoms with Gasteiger partial charge in [0.1, 0.15) is 16.7 Å². The molecule has 4 fully saturated rings. The number of ether oxygens (including phenoxy) is 2. The number of hydrogen-bond donors (Lipinski definition) is 4. The summed E-state index contributed by atoms with van der Waals surface area (Å²) in [6.07, 6.45) is 17.0. The molecular formula is C41H52BrClN6O6. The Kier molecular flexibility index (Phi) is 11.3. The van der Waals surface area contributed by atoms with Gasteiger partial charge in [0, 0.05) is 47.8 Å². The fourth-order valence-electron chi connectivity index (χ4n) is 10.4. The van der Waals surface area contributed by atoms with E-state index in [1.807, 2.05) is 16.8 Å². The van der Waals surface area contributed by atoms with Crippen LogP contribution in [0.5, 0.6) is 0 Å². The Labute approximate surface area is 334 Å². The Morgan fingerprint density at radius 2 is 1.53 bits per heavy atom. The number of pyridine rings is 2. The number of carbonyl (C=O) groups is 2.